The van der Waals surface area contributed by atoms with Crippen LogP contribution in [0.1, 0.15) is 36.9 Å². The average molecular weight is 346 g/mol. The molecule has 0 radical (unpaired) electrons. The number of aliphatic hydroxyl groups is 1. The van der Waals surface area contributed by atoms with E-state index < -0.39 is 6.10 Å². The first-order valence-corrected chi connectivity index (χ1v) is 9.08. The van der Waals surface area contributed by atoms with Crippen molar-refractivity contribution in [2.24, 2.45) is 0 Å². The van der Waals surface area contributed by atoms with Crippen molar-refractivity contribution in [3.8, 4) is 0 Å². The van der Waals surface area contributed by atoms with Crippen LogP contribution in [0.5, 0.6) is 0 Å². The lowest BCUT2D eigenvalue weighted by atomic mass is 10.2. The van der Waals surface area contributed by atoms with Crippen molar-refractivity contribution in [3.63, 3.8) is 0 Å². The zero-order chi connectivity index (χ0) is 17.2. The Hall–Kier alpha value is -1.77. The Kier molecular flexibility index (Phi) is 4.82. The standard InChI is InChI=1S/C17H26N6O2/c1-21(12-16-19-17(25-20-16)13-3-4-13)14-5-8-22(9-14)10-15(24)11-23-7-2-6-18-23/h2,6-7,13-15,24H,3-5,8-12H2,1H3/t14-,15-/m0/s1. The summed E-state index contributed by atoms with van der Waals surface area (Å²) >= 11 is 0. The van der Waals surface area contributed by atoms with Crippen LogP contribution in [0.15, 0.2) is 23.0 Å². The van der Waals surface area contributed by atoms with Crippen molar-refractivity contribution in [1.29, 1.82) is 0 Å². The maximum Gasteiger partial charge on any atom is 0.229 e. The van der Waals surface area contributed by atoms with E-state index in [1.807, 2.05) is 12.3 Å². The van der Waals surface area contributed by atoms with Gasteiger partial charge in [0, 0.05) is 37.4 Å². The van der Waals surface area contributed by atoms with Crippen molar-refractivity contribution >= 4 is 0 Å². The predicted octanol–water partition coefficient (Wildman–Crippen LogP) is 0.711. The second-order valence-corrected chi connectivity index (χ2v) is 7.32. The van der Waals surface area contributed by atoms with E-state index in [0.29, 0.717) is 31.6 Å². The lowest BCUT2D eigenvalue weighted by molar-refractivity contribution is 0.101. The minimum Gasteiger partial charge on any atom is -0.390 e. The molecular formula is C17H26N6O2. The van der Waals surface area contributed by atoms with E-state index in [-0.39, 0.29) is 0 Å². The topological polar surface area (TPSA) is 83.5 Å². The first-order valence-electron chi connectivity index (χ1n) is 9.08. The number of likely N-dealkylation sites (tertiary alicyclic amines) is 1. The number of β-amino-alcohol motifs (C(OH)–C–C–N with tert-alkyl or cyclic N) is 1. The number of aliphatic hydroxyl groups excluding tert-OH is 1. The lowest BCUT2D eigenvalue weighted by Gasteiger charge is -2.24. The maximum absolute atomic E-state index is 10.3. The average Bonchev–Trinajstić information content (AvgIpc) is 3.00. The number of likely N-dealkylation sites (N-methyl/N-ethyl adjacent to an activating group) is 1. The van der Waals surface area contributed by atoms with Crippen LogP contribution >= 0.6 is 0 Å². The molecule has 2 aromatic rings. The van der Waals surface area contributed by atoms with Gasteiger partial charge in [-0.2, -0.15) is 10.1 Å². The van der Waals surface area contributed by atoms with Gasteiger partial charge in [0.1, 0.15) is 0 Å². The van der Waals surface area contributed by atoms with Gasteiger partial charge < -0.3 is 9.63 Å². The molecule has 4 rings (SSSR count). The fraction of sp³-hybridized carbons (Fsp3) is 0.706. The van der Waals surface area contributed by atoms with Gasteiger partial charge in [-0.25, -0.2) is 0 Å². The molecule has 3 heterocycles. The summed E-state index contributed by atoms with van der Waals surface area (Å²) in [5.41, 5.74) is 0. The Labute approximate surface area is 147 Å². The summed E-state index contributed by atoms with van der Waals surface area (Å²) < 4.78 is 7.11. The molecule has 0 amide bonds. The normalized spacial score (nSPS) is 22.8. The first-order chi connectivity index (χ1) is 12.2. The van der Waals surface area contributed by atoms with Crippen molar-refractivity contribution in [3.05, 3.63) is 30.2 Å². The Morgan fingerprint density at radius 2 is 2.24 bits per heavy atom. The van der Waals surface area contributed by atoms with Gasteiger partial charge >= 0.3 is 0 Å². The quantitative estimate of drug-likeness (QED) is 0.754. The molecule has 0 aromatic carbocycles. The molecule has 1 saturated heterocycles. The van der Waals surface area contributed by atoms with E-state index >= 15 is 0 Å². The zero-order valence-corrected chi connectivity index (χ0v) is 14.7. The molecule has 8 heteroatoms. The van der Waals surface area contributed by atoms with E-state index in [2.05, 4.69) is 32.1 Å². The highest BCUT2D eigenvalue weighted by Gasteiger charge is 2.31. The molecule has 1 aliphatic carbocycles. The number of aromatic nitrogens is 4. The fourth-order valence-electron chi connectivity index (χ4n) is 3.50. The Morgan fingerprint density at radius 1 is 1.36 bits per heavy atom. The predicted molar refractivity (Wildman–Crippen MR) is 90.8 cm³/mol. The summed E-state index contributed by atoms with van der Waals surface area (Å²) in [7, 11) is 2.11. The smallest absolute Gasteiger partial charge is 0.229 e. The molecule has 2 fully saturated rings. The fourth-order valence-corrected chi connectivity index (χ4v) is 3.50. The third kappa shape index (κ3) is 4.26. The van der Waals surface area contributed by atoms with Crippen LogP contribution in [0.4, 0.5) is 0 Å². The molecule has 25 heavy (non-hydrogen) atoms. The second-order valence-electron chi connectivity index (χ2n) is 7.32. The van der Waals surface area contributed by atoms with E-state index in [1.165, 1.54) is 12.8 Å². The number of hydrogen-bond donors (Lipinski definition) is 1. The van der Waals surface area contributed by atoms with Crippen LogP contribution in [-0.4, -0.2) is 73.7 Å². The number of rotatable bonds is 8. The monoisotopic (exact) mass is 346 g/mol. The molecule has 0 bridgehead atoms. The molecule has 0 unspecified atom stereocenters. The van der Waals surface area contributed by atoms with Gasteiger partial charge in [-0.15, -0.1) is 0 Å². The van der Waals surface area contributed by atoms with Gasteiger partial charge in [-0.3, -0.25) is 14.5 Å². The Bertz CT molecular complexity index is 668. The van der Waals surface area contributed by atoms with Crippen LogP contribution in [0.3, 0.4) is 0 Å². The highest BCUT2D eigenvalue weighted by atomic mass is 16.5. The second kappa shape index (κ2) is 7.23. The van der Waals surface area contributed by atoms with Gasteiger partial charge in [0.25, 0.3) is 0 Å². The summed E-state index contributed by atoms with van der Waals surface area (Å²) in [4.78, 5) is 9.12. The van der Waals surface area contributed by atoms with Gasteiger partial charge in [0.15, 0.2) is 5.82 Å². The van der Waals surface area contributed by atoms with Crippen LogP contribution in [0.2, 0.25) is 0 Å². The minimum atomic E-state index is -0.401. The molecule has 1 N–H and O–H groups in total. The summed E-state index contributed by atoms with van der Waals surface area (Å²) in [6.07, 6.45) is 6.66. The highest BCUT2D eigenvalue weighted by molar-refractivity contribution is 5.02. The van der Waals surface area contributed by atoms with E-state index in [4.69, 9.17) is 4.52 Å². The summed E-state index contributed by atoms with van der Waals surface area (Å²) in [6, 6.07) is 2.33. The molecular weight excluding hydrogens is 320 g/mol. The third-order valence-electron chi connectivity index (χ3n) is 5.10. The molecule has 0 spiro atoms. The van der Waals surface area contributed by atoms with E-state index in [1.54, 1.807) is 10.9 Å². The van der Waals surface area contributed by atoms with Crippen LogP contribution < -0.4 is 0 Å². The van der Waals surface area contributed by atoms with Gasteiger partial charge in [-0.1, -0.05) is 5.16 Å². The van der Waals surface area contributed by atoms with Crippen molar-refractivity contribution in [1.82, 2.24) is 29.7 Å². The molecule has 2 atom stereocenters. The van der Waals surface area contributed by atoms with Crippen molar-refractivity contribution in [2.75, 3.05) is 26.7 Å². The summed E-state index contributed by atoms with van der Waals surface area (Å²) in [6.45, 7) is 3.89. The molecule has 1 aliphatic heterocycles. The van der Waals surface area contributed by atoms with Gasteiger partial charge in [0.2, 0.25) is 5.89 Å². The van der Waals surface area contributed by atoms with Gasteiger partial charge in [-0.05, 0) is 38.9 Å². The summed E-state index contributed by atoms with van der Waals surface area (Å²) in [5.74, 6) is 2.09. The molecule has 136 valence electrons. The zero-order valence-electron chi connectivity index (χ0n) is 14.7. The molecule has 8 nitrogen and oxygen atoms in total. The van der Waals surface area contributed by atoms with Crippen molar-refractivity contribution in [2.45, 2.75) is 50.4 Å². The SMILES string of the molecule is CN(Cc1noc(C2CC2)n1)[C@H]1CCN(C[C@H](O)Cn2cccn2)C1. The molecule has 1 saturated carbocycles. The minimum absolute atomic E-state index is 0.401. The Morgan fingerprint density at radius 3 is 3.00 bits per heavy atom. The van der Waals surface area contributed by atoms with E-state index in [9.17, 15) is 5.11 Å². The maximum atomic E-state index is 10.3. The summed E-state index contributed by atoms with van der Waals surface area (Å²) in [5, 5.41) is 18.5. The van der Waals surface area contributed by atoms with E-state index in [0.717, 1.165) is 31.2 Å². The Balaban J connectivity index is 1.23. The molecule has 2 aromatic heterocycles. The largest absolute Gasteiger partial charge is 0.390 e. The van der Waals surface area contributed by atoms with Crippen LogP contribution in [-0.2, 0) is 13.1 Å². The highest BCUT2D eigenvalue weighted by Crippen LogP contribution is 2.38. The van der Waals surface area contributed by atoms with Crippen molar-refractivity contribution < 1.29 is 9.63 Å². The van der Waals surface area contributed by atoms with Gasteiger partial charge in [0.05, 0.1) is 19.2 Å². The van der Waals surface area contributed by atoms with Crippen LogP contribution in [0, 0.1) is 0 Å². The first kappa shape index (κ1) is 16.7. The lowest BCUT2D eigenvalue weighted by Crippen LogP contribution is -2.37. The van der Waals surface area contributed by atoms with Crippen LogP contribution in [0.25, 0.3) is 0 Å². The third-order valence-corrected chi connectivity index (χ3v) is 5.10. The molecule has 2 aliphatic rings. The number of hydrogen-bond acceptors (Lipinski definition) is 7. The number of nitrogens with zero attached hydrogens (tertiary/aromatic N) is 6.